The van der Waals surface area contributed by atoms with Crippen LogP contribution in [0.2, 0.25) is 0 Å². The first kappa shape index (κ1) is 17.4. The lowest BCUT2D eigenvalue weighted by molar-refractivity contribution is -0.384. The van der Waals surface area contributed by atoms with E-state index in [9.17, 15) is 19.7 Å². The molecule has 1 rings (SSSR count). The van der Waals surface area contributed by atoms with E-state index >= 15 is 0 Å². The van der Waals surface area contributed by atoms with Crippen molar-refractivity contribution in [2.24, 2.45) is 0 Å². The average molecular weight is 310 g/mol. The van der Waals surface area contributed by atoms with Gasteiger partial charge in [-0.05, 0) is 18.6 Å². The number of rotatable bonds is 9. The van der Waals surface area contributed by atoms with Crippen molar-refractivity contribution in [3.63, 3.8) is 0 Å². The molecule has 8 nitrogen and oxygen atoms in total. The van der Waals surface area contributed by atoms with Crippen molar-refractivity contribution < 1.29 is 24.0 Å². The minimum atomic E-state index is -0.691. The summed E-state index contributed by atoms with van der Waals surface area (Å²) in [4.78, 5) is 32.6. The highest BCUT2D eigenvalue weighted by molar-refractivity contribution is 5.80. The Morgan fingerprint density at radius 2 is 1.91 bits per heavy atom. The maximum Gasteiger partial charge on any atom is 0.344 e. The van der Waals surface area contributed by atoms with Crippen molar-refractivity contribution >= 4 is 17.6 Å². The van der Waals surface area contributed by atoms with Gasteiger partial charge in [-0.15, -0.1) is 0 Å². The van der Waals surface area contributed by atoms with E-state index in [2.05, 4.69) is 5.32 Å². The van der Waals surface area contributed by atoms with Crippen LogP contribution in [0.25, 0.3) is 0 Å². The van der Waals surface area contributed by atoms with Gasteiger partial charge in [0.2, 0.25) is 0 Å². The number of unbranched alkanes of at least 4 members (excludes halogenated alkanes) is 1. The van der Waals surface area contributed by atoms with Gasteiger partial charge in [-0.1, -0.05) is 13.3 Å². The monoisotopic (exact) mass is 310 g/mol. The number of nitro groups is 1. The van der Waals surface area contributed by atoms with E-state index in [1.807, 2.05) is 6.92 Å². The van der Waals surface area contributed by atoms with Crippen LogP contribution < -0.4 is 10.1 Å². The molecule has 0 unspecified atom stereocenters. The van der Waals surface area contributed by atoms with Crippen LogP contribution in [0.5, 0.6) is 5.75 Å². The number of hydrogen-bond donors (Lipinski definition) is 1. The average Bonchev–Trinajstić information content (AvgIpc) is 2.51. The lowest BCUT2D eigenvalue weighted by Crippen LogP contribution is -2.30. The fraction of sp³-hybridized carbons (Fsp3) is 0.429. The van der Waals surface area contributed by atoms with Crippen LogP contribution in [0, 0.1) is 10.1 Å². The standard InChI is InChI=1S/C14H18N2O6/c1-2-3-8-15-13(17)9-22-14(18)10-21-12-6-4-11(5-7-12)16(19)20/h4-7H,2-3,8-10H2,1H3,(H,15,17). The summed E-state index contributed by atoms with van der Waals surface area (Å²) in [6.45, 7) is 1.82. The van der Waals surface area contributed by atoms with Gasteiger partial charge < -0.3 is 14.8 Å². The predicted molar refractivity (Wildman–Crippen MR) is 77.5 cm³/mol. The molecule has 0 fully saturated rings. The number of amides is 1. The van der Waals surface area contributed by atoms with Crippen LogP contribution in [0.4, 0.5) is 5.69 Å². The number of carbonyl (C=O) groups is 2. The predicted octanol–water partition coefficient (Wildman–Crippen LogP) is 1.43. The van der Waals surface area contributed by atoms with E-state index in [0.717, 1.165) is 12.8 Å². The van der Waals surface area contributed by atoms with Gasteiger partial charge in [0.1, 0.15) is 5.75 Å². The van der Waals surface area contributed by atoms with Crippen LogP contribution >= 0.6 is 0 Å². The van der Waals surface area contributed by atoms with Crippen molar-refractivity contribution in [1.82, 2.24) is 5.32 Å². The first-order valence-electron chi connectivity index (χ1n) is 6.82. The number of esters is 1. The third kappa shape index (κ3) is 6.69. The third-order valence-electron chi connectivity index (χ3n) is 2.62. The normalized spacial score (nSPS) is 9.86. The molecule has 1 N–H and O–H groups in total. The Hall–Kier alpha value is -2.64. The number of nitrogens with zero attached hydrogens (tertiary/aromatic N) is 1. The number of non-ortho nitro benzene ring substituents is 1. The van der Waals surface area contributed by atoms with E-state index < -0.39 is 10.9 Å². The molecule has 8 heteroatoms. The van der Waals surface area contributed by atoms with E-state index in [0.29, 0.717) is 12.3 Å². The Bertz CT molecular complexity index is 515. The Morgan fingerprint density at radius 3 is 2.50 bits per heavy atom. The maximum absolute atomic E-state index is 11.4. The summed E-state index contributed by atoms with van der Waals surface area (Å²) in [5.41, 5.74) is -0.0707. The van der Waals surface area contributed by atoms with Gasteiger partial charge in [-0.25, -0.2) is 4.79 Å². The summed E-state index contributed by atoms with van der Waals surface area (Å²) in [7, 11) is 0. The minimum Gasteiger partial charge on any atom is -0.482 e. The first-order chi connectivity index (χ1) is 10.5. The summed E-state index contributed by atoms with van der Waals surface area (Å²) < 4.78 is 9.84. The second kappa shape index (κ2) is 9.32. The molecule has 0 aliphatic carbocycles. The number of carbonyl (C=O) groups excluding carboxylic acids is 2. The lowest BCUT2D eigenvalue weighted by atomic mass is 10.3. The number of nitrogens with one attached hydrogen (secondary N) is 1. The fourth-order valence-corrected chi connectivity index (χ4v) is 1.45. The molecule has 0 aliphatic heterocycles. The zero-order valence-electron chi connectivity index (χ0n) is 12.2. The second-order valence-electron chi connectivity index (χ2n) is 4.40. The maximum atomic E-state index is 11.4. The minimum absolute atomic E-state index is 0.0707. The zero-order chi connectivity index (χ0) is 16.4. The van der Waals surface area contributed by atoms with Crippen LogP contribution in [-0.2, 0) is 14.3 Å². The Balaban J connectivity index is 2.25. The highest BCUT2D eigenvalue weighted by atomic mass is 16.6. The first-order valence-corrected chi connectivity index (χ1v) is 6.82. The Morgan fingerprint density at radius 1 is 1.23 bits per heavy atom. The molecular formula is C14H18N2O6. The quantitative estimate of drug-likeness (QED) is 0.320. The van der Waals surface area contributed by atoms with Gasteiger partial charge in [-0.3, -0.25) is 14.9 Å². The fourth-order valence-electron chi connectivity index (χ4n) is 1.45. The summed E-state index contributed by atoms with van der Waals surface area (Å²) in [6, 6.07) is 5.29. The van der Waals surface area contributed by atoms with Crippen LogP contribution in [-0.4, -0.2) is 36.6 Å². The van der Waals surface area contributed by atoms with Crippen molar-refractivity contribution in [2.75, 3.05) is 19.8 Å². The highest BCUT2D eigenvalue weighted by Crippen LogP contribution is 2.17. The Labute approximate surface area is 127 Å². The number of ether oxygens (including phenoxy) is 2. The molecule has 0 aliphatic rings. The van der Waals surface area contributed by atoms with E-state index in [1.54, 1.807) is 0 Å². The van der Waals surface area contributed by atoms with Crippen molar-refractivity contribution in [2.45, 2.75) is 19.8 Å². The van der Waals surface area contributed by atoms with Crippen molar-refractivity contribution in [3.05, 3.63) is 34.4 Å². The van der Waals surface area contributed by atoms with Gasteiger partial charge in [0, 0.05) is 18.7 Å². The molecule has 22 heavy (non-hydrogen) atoms. The molecule has 1 aromatic rings. The largest absolute Gasteiger partial charge is 0.482 e. The summed E-state index contributed by atoms with van der Waals surface area (Å²) in [5.74, 6) is -0.754. The van der Waals surface area contributed by atoms with Crippen LogP contribution in [0.15, 0.2) is 24.3 Å². The molecule has 0 atom stereocenters. The SMILES string of the molecule is CCCCNC(=O)COC(=O)COc1ccc([N+](=O)[O-])cc1. The second-order valence-corrected chi connectivity index (χ2v) is 4.40. The van der Waals surface area contributed by atoms with Gasteiger partial charge in [0.15, 0.2) is 13.2 Å². The van der Waals surface area contributed by atoms with Crippen molar-refractivity contribution in [3.8, 4) is 5.75 Å². The van der Waals surface area contributed by atoms with Crippen molar-refractivity contribution in [1.29, 1.82) is 0 Å². The van der Waals surface area contributed by atoms with E-state index in [4.69, 9.17) is 9.47 Å². The summed E-state index contributed by atoms with van der Waals surface area (Å²) in [5, 5.41) is 13.1. The molecule has 0 bridgehead atoms. The topological polar surface area (TPSA) is 108 Å². The van der Waals surface area contributed by atoms with E-state index in [-0.39, 0.29) is 24.8 Å². The van der Waals surface area contributed by atoms with Crippen LogP contribution in [0.1, 0.15) is 19.8 Å². The summed E-state index contributed by atoms with van der Waals surface area (Å²) >= 11 is 0. The molecule has 0 saturated carbocycles. The number of hydrogen-bond acceptors (Lipinski definition) is 6. The van der Waals surface area contributed by atoms with Gasteiger partial charge >= 0.3 is 5.97 Å². The van der Waals surface area contributed by atoms with Crippen LogP contribution in [0.3, 0.4) is 0 Å². The zero-order valence-corrected chi connectivity index (χ0v) is 12.2. The molecule has 0 aromatic heterocycles. The third-order valence-corrected chi connectivity index (χ3v) is 2.62. The van der Waals surface area contributed by atoms with E-state index in [1.165, 1.54) is 24.3 Å². The number of nitro benzene ring substituents is 1. The molecule has 1 amide bonds. The lowest BCUT2D eigenvalue weighted by Gasteiger charge is -2.07. The van der Waals surface area contributed by atoms with Gasteiger partial charge in [-0.2, -0.15) is 0 Å². The molecule has 120 valence electrons. The molecule has 0 radical (unpaired) electrons. The molecular weight excluding hydrogens is 292 g/mol. The molecule has 1 aromatic carbocycles. The van der Waals surface area contributed by atoms with Gasteiger partial charge in [0.25, 0.3) is 11.6 Å². The Kier molecular flexibility index (Phi) is 7.38. The van der Waals surface area contributed by atoms with Gasteiger partial charge in [0.05, 0.1) is 4.92 Å². The molecule has 0 saturated heterocycles. The molecule has 0 spiro atoms. The number of benzene rings is 1. The summed E-state index contributed by atoms with van der Waals surface area (Å²) in [6.07, 6.45) is 1.83. The smallest absolute Gasteiger partial charge is 0.344 e. The molecule has 0 heterocycles. The highest BCUT2D eigenvalue weighted by Gasteiger charge is 2.09.